The lowest BCUT2D eigenvalue weighted by molar-refractivity contribution is -0.167. The fourth-order valence-corrected chi connectivity index (χ4v) is 6.54. The van der Waals surface area contributed by atoms with Gasteiger partial charge in [-0.25, -0.2) is 0 Å². The molecule has 6 nitrogen and oxygen atoms in total. The van der Waals surface area contributed by atoms with Crippen LogP contribution in [0.1, 0.15) is 207 Å². The van der Waals surface area contributed by atoms with E-state index in [0.29, 0.717) is 19.3 Å². The van der Waals surface area contributed by atoms with Gasteiger partial charge in [0.15, 0.2) is 6.10 Å². The van der Waals surface area contributed by atoms with E-state index in [4.69, 9.17) is 14.2 Å². The Morgan fingerprint density at radius 3 is 1.09 bits per heavy atom. The van der Waals surface area contributed by atoms with Gasteiger partial charge < -0.3 is 14.2 Å². The van der Waals surface area contributed by atoms with Crippen LogP contribution in [0.4, 0.5) is 0 Å². The van der Waals surface area contributed by atoms with Gasteiger partial charge in [0.2, 0.25) is 0 Å². The highest BCUT2D eigenvalue weighted by atomic mass is 16.6. The minimum absolute atomic E-state index is 0.118. The highest BCUT2D eigenvalue weighted by molar-refractivity contribution is 5.71. The average Bonchev–Trinajstić information content (AvgIpc) is 3.29. The number of allylic oxidation sites excluding steroid dienone is 20. The molecule has 6 heteroatoms. The second-order valence-electron chi connectivity index (χ2n) is 16.6. The first kappa shape index (κ1) is 59.8. The molecule has 0 bridgehead atoms. The molecule has 0 aromatic heterocycles. The van der Waals surface area contributed by atoms with Crippen molar-refractivity contribution in [1.82, 2.24) is 0 Å². The minimum atomic E-state index is -0.822. The third-order valence-corrected chi connectivity index (χ3v) is 10.4. The smallest absolute Gasteiger partial charge is 0.306 e. The van der Waals surface area contributed by atoms with Crippen LogP contribution < -0.4 is 0 Å². The highest BCUT2D eigenvalue weighted by Gasteiger charge is 2.19. The Labute approximate surface area is 392 Å². The second kappa shape index (κ2) is 51.4. The maximum Gasteiger partial charge on any atom is 0.306 e. The Kier molecular flexibility index (Phi) is 48.1. The Bertz CT molecular complexity index is 1390. The van der Waals surface area contributed by atoms with Crippen LogP contribution in [0.5, 0.6) is 0 Å². The van der Waals surface area contributed by atoms with E-state index in [9.17, 15) is 14.4 Å². The van der Waals surface area contributed by atoms with Crippen LogP contribution in [0.2, 0.25) is 0 Å². The van der Waals surface area contributed by atoms with Crippen molar-refractivity contribution in [3.8, 4) is 0 Å². The first-order valence-corrected chi connectivity index (χ1v) is 25.7. The number of rotatable bonds is 44. The highest BCUT2D eigenvalue weighted by Crippen LogP contribution is 2.13. The average molecular weight is 885 g/mol. The number of carbonyl (C=O) groups excluding carboxylic acids is 3. The minimum Gasteiger partial charge on any atom is -0.462 e. The monoisotopic (exact) mass is 885 g/mol. The van der Waals surface area contributed by atoms with Crippen molar-refractivity contribution in [3.63, 3.8) is 0 Å². The van der Waals surface area contributed by atoms with Crippen molar-refractivity contribution >= 4 is 17.9 Å². The fourth-order valence-electron chi connectivity index (χ4n) is 6.54. The lowest BCUT2D eigenvalue weighted by Crippen LogP contribution is -2.30. The molecule has 360 valence electrons. The summed E-state index contributed by atoms with van der Waals surface area (Å²) in [6, 6.07) is 0. The Balaban J connectivity index is 4.55. The third-order valence-electron chi connectivity index (χ3n) is 10.4. The number of hydrogen-bond donors (Lipinski definition) is 0. The molecule has 0 aliphatic heterocycles. The van der Waals surface area contributed by atoms with Crippen molar-refractivity contribution in [2.24, 2.45) is 0 Å². The largest absolute Gasteiger partial charge is 0.462 e. The number of hydrogen-bond acceptors (Lipinski definition) is 6. The van der Waals surface area contributed by atoms with Crippen LogP contribution in [-0.2, 0) is 28.6 Å². The summed E-state index contributed by atoms with van der Waals surface area (Å²) in [7, 11) is 0. The van der Waals surface area contributed by atoms with E-state index in [1.54, 1.807) is 0 Å². The molecule has 0 rings (SSSR count). The van der Waals surface area contributed by atoms with Crippen LogP contribution in [0, 0.1) is 0 Å². The van der Waals surface area contributed by atoms with Crippen LogP contribution in [0.3, 0.4) is 0 Å². The molecule has 0 aliphatic carbocycles. The maximum absolute atomic E-state index is 12.8. The van der Waals surface area contributed by atoms with E-state index in [1.807, 2.05) is 54.7 Å². The SMILES string of the molecule is CC/C=C/C=C/C=C/C=C/C=C/CCCC(=O)OCC(COC(=O)CCCCCCC/C=C/C=C/C=C/C=C/CCCCC)OC(=O)CCCCCCCCC/C=C/CCCCCC. The van der Waals surface area contributed by atoms with E-state index in [0.717, 1.165) is 77.0 Å². The molecule has 0 radical (unpaired) electrons. The van der Waals surface area contributed by atoms with E-state index in [1.165, 1.54) is 83.5 Å². The van der Waals surface area contributed by atoms with Gasteiger partial charge in [-0.15, -0.1) is 0 Å². The fraction of sp³-hybridized carbons (Fsp3) is 0.603. The molecule has 0 spiro atoms. The summed E-state index contributed by atoms with van der Waals surface area (Å²) in [6.45, 7) is 6.34. The molecule has 0 saturated carbocycles. The Hall–Kier alpha value is -4.19. The van der Waals surface area contributed by atoms with Crippen molar-refractivity contribution in [2.45, 2.75) is 213 Å². The molecule has 0 aromatic rings. The van der Waals surface area contributed by atoms with Gasteiger partial charge in [-0.1, -0.05) is 226 Å². The van der Waals surface area contributed by atoms with Gasteiger partial charge in [-0.2, -0.15) is 0 Å². The zero-order valence-corrected chi connectivity index (χ0v) is 41.0. The van der Waals surface area contributed by atoms with Crippen molar-refractivity contribution < 1.29 is 28.6 Å². The predicted molar refractivity (Wildman–Crippen MR) is 274 cm³/mol. The van der Waals surface area contributed by atoms with Crippen LogP contribution in [0.15, 0.2) is 122 Å². The first-order valence-electron chi connectivity index (χ1n) is 25.7. The van der Waals surface area contributed by atoms with Crippen molar-refractivity contribution in [3.05, 3.63) is 122 Å². The number of carbonyl (C=O) groups is 3. The first-order chi connectivity index (χ1) is 31.5. The molecule has 1 atom stereocenters. The van der Waals surface area contributed by atoms with E-state index in [2.05, 4.69) is 87.6 Å². The Morgan fingerprint density at radius 2 is 0.641 bits per heavy atom. The topological polar surface area (TPSA) is 78.9 Å². The summed E-state index contributed by atoms with van der Waals surface area (Å²) in [5.41, 5.74) is 0. The van der Waals surface area contributed by atoms with Gasteiger partial charge in [-0.05, 0) is 83.5 Å². The number of esters is 3. The summed E-state index contributed by atoms with van der Waals surface area (Å²) in [6.07, 6.45) is 70.4. The van der Waals surface area contributed by atoms with Gasteiger partial charge in [0, 0.05) is 19.3 Å². The van der Waals surface area contributed by atoms with Gasteiger partial charge >= 0.3 is 17.9 Å². The van der Waals surface area contributed by atoms with Gasteiger partial charge in [-0.3, -0.25) is 14.4 Å². The van der Waals surface area contributed by atoms with E-state index in [-0.39, 0.29) is 37.5 Å². The van der Waals surface area contributed by atoms with Gasteiger partial charge in [0.1, 0.15) is 13.2 Å². The predicted octanol–water partition coefficient (Wildman–Crippen LogP) is 16.9. The summed E-state index contributed by atoms with van der Waals surface area (Å²) in [4.78, 5) is 37.9. The lowest BCUT2D eigenvalue weighted by Gasteiger charge is -2.18. The molecular formula is C58H92O6. The third kappa shape index (κ3) is 48.8. The molecule has 0 heterocycles. The van der Waals surface area contributed by atoms with Crippen LogP contribution >= 0.6 is 0 Å². The van der Waals surface area contributed by atoms with Crippen LogP contribution in [0.25, 0.3) is 0 Å². The molecule has 0 aliphatic rings. The molecule has 0 N–H and O–H groups in total. The van der Waals surface area contributed by atoms with Crippen LogP contribution in [-0.4, -0.2) is 37.2 Å². The standard InChI is InChI=1S/C58H92O6/c1-4-7-10-13-16-19-22-25-27-28-29-31-33-36-39-42-45-48-51-57(60)63-54-55(53-62-56(59)50-47-44-41-38-35-32-24-21-18-15-12-9-6-3)64-58(61)52-49-46-43-40-37-34-30-26-23-20-17-14-11-8-5-2/h9,12,15-16,18-25,27-29,31-32,35,38,41,55H,4-8,10-11,13-14,17,26,30,33-34,36-37,39-40,42-54H2,1-3H3/b12-9+,18-15+,19-16+,23-20+,24-21+,25-22+,28-27+,31-29+,35-32+,41-38+. The molecule has 0 fully saturated rings. The number of ether oxygens (including phenoxy) is 3. The zero-order valence-electron chi connectivity index (χ0n) is 41.0. The van der Waals surface area contributed by atoms with Gasteiger partial charge in [0.25, 0.3) is 0 Å². The van der Waals surface area contributed by atoms with E-state index >= 15 is 0 Å². The zero-order chi connectivity index (χ0) is 46.5. The maximum atomic E-state index is 12.8. The van der Waals surface area contributed by atoms with Crippen molar-refractivity contribution in [2.75, 3.05) is 13.2 Å². The normalized spacial score (nSPS) is 13.1. The van der Waals surface area contributed by atoms with Gasteiger partial charge in [0.05, 0.1) is 0 Å². The Morgan fingerprint density at radius 1 is 0.328 bits per heavy atom. The summed E-state index contributed by atoms with van der Waals surface area (Å²) in [5, 5.41) is 0. The molecule has 0 amide bonds. The number of unbranched alkanes of at least 4 members (excludes halogenated alkanes) is 20. The molecule has 64 heavy (non-hydrogen) atoms. The molecule has 0 saturated heterocycles. The summed E-state index contributed by atoms with van der Waals surface area (Å²) < 4.78 is 16.7. The summed E-state index contributed by atoms with van der Waals surface area (Å²) >= 11 is 0. The van der Waals surface area contributed by atoms with E-state index < -0.39 is 6.10 Å². The molecular weight excluding hydrogens is 793 g/mol. The van der Waals surface area contributed by atoms with Crippen molar-refractivity contribution in [1.29, 1.82) is 0 Å². The lowest BCUT2D eigenvalue weighted by atomic mass is 10.1. The molecule has 1 unspecified atom stereocenters. The second-order valence-corrected chi connectivity index (χ2v) is 16.6. The summed E-state index contributed by atoms with van der Waals surface area (Å²) in [5.74, 6) is -1.03. The quantitative estimate of drug-likeness (QED) is 0.0199. The molecule has 0 aromatic carbocycles.